The van der Waals surface area contributed by atoms with E-state index in [1.807, 2.05) is 13.8 Å². The van der Waals surface area contributed by atoms with Crippen molar-refractivity contribution in [2.45, 2.75) is 27.7 Å². The van der Waals surface area contributed by atoms with Crippen LogP contribution in [-0.4, -0.2) is 19.9 Å². The summed E-state index contributed by atoms with van der Waals surface area (Å²) >= 11 is 0.0921. The quantitative estimate of drug-likeness (QED) is 0.575. The van der Waals surface area contributed by atoms with Gasteiger partial charge in [-0.3, -0.25) is 0 Å². The summed E-state index contributed by atoms with van der Waals surface area (Å²) in [5.41, 5.74) is 4.52. The van der Waals surface area contributed by atoms with Gasteiger partial charge in [0.1, 0.15) is 0 Å². The van der Waals surface area contributed by atoms with Crippen molar-refractivity contribution < 1.29 is 13.9 Å². The summed E-state index contributed by atoms with van der Waals surface area (Å²) in [6, 6.07) is 8.45. The molecule has 0 amide bonds. The van der Waals surface area contributed by atoms with E-state index in [0.717, 1.165) is 31.5 Å². The van der Waals surface area contributed by atoms with Crippen LogP contribution in [0.2, 0.25) is 0 Å². The Balaban J connectivity index is 2.19. The number of benzene rings is 2. The molecular weight excluding hydrogens is 350 g/mol. The van der Waals surface area contributed by atoms with Gasteiger partial charge in [0.2, 0.25) is 0 Å². The Morgan fingerprint density at radius 2 is 1.24 bits per heavy atom. The second-order valence-corrected chi connectivity index (χ2v) is 8.46. The molecule has 1 N–H and O–H groups in total. The summed E-state index contributed by atoms with van der Waals surface area (Å²) in [6.45, 7) is 8.19. The van der Waals surface area contributed by atoms with Gasteiger partial charge in [0.15, 0.2) is 0 Å². The van der Waals surface area contributed by atoms with Gasteiger partial charge in [-0.05, 0) is 0 Å². The van der Waals surface area contributed by atoms with Crippen molar-refractivity contribution in [2.75, 3.05) is 0 Å². The molecule has 0 spiro atoms. The van der Waals surface area contributed by atoms with Crippen LogP contribution < -0.4 is 18.0 Å². The van der Waals surface area contributed by atoms with Crippen LogP contribution in [0.4, 0.5) is 0 Å². The molecule has 0 unspecified atom stereocenters. The second-order valence-electron chi connectivity index (χ2n) is 5.34. The Bertz CT molecular complexity index is 656. The molecule has 1 heterocycles. The molecule has 1 aliphatic heterocycles. The fraction of sp³-hybridized carbons (Fsp3) is 0.250. The van der Waals surface area contributed by atoms with Crippen molar-refractivity contribution in [2.24, 2.45) is 0 Å². The summed E-state index contributed by atoms with van der Waals surface area (Å²) in [5.74, 6) is 1.55. The van der Waals surface area contributed by atoms with E-state index in [9.17, 15) is 4.89 Å². The molecule has 3 nitrogen and oxygen atoms in total. The van der Waals surface area contributed by atoms with E-state index in [1.54, 1.807) is 0 Å². The van der Waals surface area contributed by atoms with Gasteiger partial charge in [-0.15, -0.1) is 0 Å². The molecule has 2 aromatic carbocycles. The molecule has 5 heteroatoms. The molecule has 0 bridgehead atoms. The molecule has 0 saturated heterocycles. The molecule has 1 aliphatic rings. The Labute approximate surface area is 132 Å². The van der Waals surface area contributed by atoms with Gasteiger partial charge in [0.05, 0.1) is 0 Å². The minimum absolute atomic E-state index is 0.0921. The zero-order valence-electron chi connectivity index (χ0n) is 12.4. The van der Waals surface area contributed by atoms with Gasteiger partial charge in [-0.25, -0.2) is 0 Å². The first kappa shape index (κ1) is 14.9. The monoisotopic (exact) mass is 368 g/mol. The van der Waals surface area contributed by atoms with E-state index in [1.165, 1.54) is 11.1 Å². The number of rotatable bonds is 0. The van der Waals surface area contributed by atoms with Crippen molar-refractivity contribution in [1.82, 2.24) is 0 Å². The number of hydrogen-bond donors (Lipinski definition) is 1. The number of aryl methyl sites for hydroxylation is 4. The fourth-order valence-corrected chi connectivity index (χ4v) is 6.39. The predicted molar refractivity (Wildman–Crippen MR) is 87.2 cm³/mol. The predicted octanol–water partition coefficient (Wildman–Crippen LogP) is 2.57. The third-order valence-corrected chi connectivity index (χ3v) is 6.20. The van der Waals surface area contributed by atoms with Crippen molar-refractivity contribution in [3.05, 3.63) is 46.5 Å². The van der Waals surface area contributed by atoms with Gasteiger partial charge >= 0.3 is 132 Å². The Morgan fingerprint density at radius 3 is 1.67 bits per heavy atom. The minimum atomic E-state index is -1.95. The molecule has 0 aromatic heterocycles. The van der Waals surface area contributed by atoms with Crippen molar-refractivity contribution in [3.63, 3.8) is 0 Å². The number of fused-ring (bicyclic) bond motifs is 2. The topological polar surface area (TPSA) is 38.7 Å². The van der Waals surface area contributed by atoms with E-state index in [4.69, 9.17) is 9.05 Å². The standard InChI is InChI=1S/C16H17O3PSe/c1-9-5-11(3)15-13(7-9)21-14-8-10(2)6-12(4)16(14)19-20(17)18-15/h5-8,17H,1-4H3. The Kier molecular flexibility index (Phi) is 3.98. The molecular formula is C16H17O3PSe. The summed E-state index contributed by atoms with van der Waals surface area (Å²) < 4.78 is 13.7. The van der Waals surface area contributed by atoms with Crippen LogP contribution in [0.5, 0.6) is 11.5 Å². The summed E-state index contributed by atoms with van der Waals surface area (Å²) in [6.07, 6.45) is 0. The van der Waals surface area contributed by atoms with Crippen LogP contribution >= 0.6 is 8.60 Å². The van der Waals surface area contributed by atoms with Gasteiger partial charge in [0, 0.05) is 0 Å². The average molecular weight is 367 g/mol. The van der Waals surface area contributed by atoms with Crippen LogP contribution in [-0.2, 0) is 0 Å². The zero-order chi connectivity index (χ0) is 15.1. The van der Waals surface area contributed by atoms with Gasteiger partial charge in [-0.1, -0.05) is 0 Å². The van der Waals surface area contributed by atoms with Gasteiger partial charge in [0.25, 0.3) is 0 Å². The normalized spacial score (nSPS) is 14.3. The van der Waals surface area contributed by atoms with Crippen LogP contribution in [0.3, 0.4) is 0 Å². The molecule has 110 valence electrons. The molecule has 0 atom stereocenters. The number of hydrogen-bond acceptors (Lipinski definition) is 3. The van der Waals surface area contributed by atoms with E-state index in [2.05, 4.69) is 38.1 Å². The Hall–Kier alpha value is -1.05. The third-order valence-electron chi connectivity index (χ3n) is 3.33. The molecule has 3 rings (SSSR count). The van der Waals surface area contributed by atoms with E-state index in [0.29, 0.717) is 0 Å². The van der Waals surface area contributed by atoms with Gasteiger partial charge < -0.3 is 0 Å². The summed E-state index contributed by atoms with van der Waals surface area (Å²) in [7, 11) is -1.95. The fourth-order valence-electron chi connectivity index (χ4n) is 2.51. The van der Waals surface area contributed by atoms with Crippen molar-refractivity contribution in [1.29, 1.82) is 0 Å². The molecule has 2 aromatic rings. The first-order valence-electron chi connectivity index (χ1n) is 6.69. The van der Waals surface area contributed by atoms with Crippen molar-refractivity contribution in [3.8, 4) is 11.5 Å². The van der Waals surface area contributed by atoms with Crippen LogP contribution in [0.25, 0.3) is 0 Å². The van der Waals surface area contributed by atoms with Crippen molar-refractivity contribution >= 4 is 32.5 Å². The van der Waals surface area contributed by atoms with Crippen LogP contribution in [0.15, 0.2) is 24.3 Å². The summed E-state index contributed by atoms with van der Waals surface area (Å²) in [4.78, 5) is 10.1. The van der Waals surface area contributed by atoms with E-state index in [-0.39, 0.29) is 15.0 Å². The summed E-state index contributed by atoms with van der Waals surface area (Å²) in [5, 5.41) is 0. The molecule has 0 aliphatic carbocycles. The SMILES string of the molecule is Cc1cc(C)c2c(c1)[Se]c1cc(C)cc(C)c1OP(O)O2. The van der Waals surface area contributed by atoms with E-state index < -0.39 is 8.60 Å². The van der Waals surface area contributed by atoms with Crippen LogP contribution in [0, 0.1) is 27.7 Å². The first-order chi connectivity index (χ1) is 9.94. The molecule has 0 saturated carbocycles. The van der Waals surface area contributed by atoms with Gasteiger partial charge in [-0.2, -0.15) is 0 Å². The Morgan fingerprint density at radius 1 is 0.810 bits per heavy atom. The molecule has 0 radical (unpaired) electrons. The maximum atomic E-state index is 10.1. The van der Waals surface area contributed by atoms with Crippen LogP contribution in [0.1, 0.15) is 22.3 Å². The first-order valence-corrected chi connectivity index (χ1v) is 9.53. The maximum absolute atomic E-state index is 10.1. The zero-order valence-corrected chi connectivity index (χ0v) is 15.0. The molecule has 21 heavy (non-hydrogen) atoms. The average Bonchev–Trinajstić information content (AvgIpc) is 2.36. The molecule has 0 fully saturated rings. The third kappa shape index (κ3) is 2.95. The second kappa shape index (κ2) is 5.62. The van der Waals surface area contributed by atoms with E-state index >= 15 is 0 Å².